The van der Waals surface area contributed by atoms with Crippen LogP contribution in [0.2, 0.25) is 0 Å². The summed E-state index contributed by atoms with van der Waals surface area (Å²) < 4.78 is 0. The van der Waals surface area contributed by atoms with Crippen LogP contribution in [0.1, 0.15) is 48.6 Å². The molecular weight excluding hydrogens is 448 g/mol. The molecule has 4 heterocycles. The third kappa shape index (κ3) is 3.42. The second-order valence-corrected chi connectivity index (χ2v) is 10.9. The van der Waals surface area contributed by atoms with Crippen molar-refractivity contribution in [3.63, 3.8) is 0 Å². The summed E-state index contributed by atoms with van der Waals surface area (Å²) >= 11 is 0. The van der Waals surface area contributed by atoms with Crippen molar-refractivity contribution in [3.05, 3.63) is 53.4 Å². The van der Waals surface area contributed by atoms with E-state index in [1.54, 1.807) is 0 Å². The first-order valence-corrected chi connectivity index (χ1v) is 13.0. The molecule has 0 radical (unpaired) electrons. The quantitative estimate of drug-likeness (QED) is 0.542. The van der Waals surface area contributed by atoms with Crippen molar-refractivity contribution in [1.82, 2.24) is 20.1 Å². The molecule has 184 valence electrons. The number of nitriles is 1. The minimum absolute atomic E-state index is 0.000351. The molecule has 1 N–H and O–H groups in total. The average molecular weight is 481 g/mol. The van der Waals surface area contributed by atoms with Crippen molar-refractivity contribution >= 4 is 22.6 Å². The molecule has 1 aromatic carbocycles. The van der Waals surface area contributed by atoms with Crippen LogP contribution in [0.25, 0.3) is 22.0 Å². The third-order valence-electron chi connectivity index (χ3n) is 8.51. The van der Waals surface area contributed by atoms with Gasteiger partial charge in [-0.25, -0.2) is 4.98 Å². The van der Waals surface area contributed by atoms with Crippen LogP contribution in [-0.2, 0) is 17.6 Å². The first-order valence-electron chi connectivity index (χ1n) is 13.0. The molecule has 7 nitrogen and oxygen atoms in total. The Bertz CT molecular complexity index is 1420. The zero-order valence-electron chi connectivity index (χ0n) is 21.1. The number of pyridine rings is 1. The Morgan fingerprint density at radius 1 is 1.31 bits per heavy atom. The van der Waals surface area contributed by atoms with Crippen molar-refractivity contribution in [2.24, 2.45) is 11.3 Å². The summed E-state index contributed by atoms with van der Waals surface area (Å²) in [6.45, 7) is 11.2. The fraction of sp³-hybridized carbons (Fsp3) is 0.448. The maximum absolute atomic E-state index is 12.0. The number of aromatic amines is 1. The van der Waals surface area contributed by atoms with Gasteiger partial charge in [0.05, 0.1) is 11.7 Å². The number of H-pyrrole nitrogens is 1. The molecule has 3 aliphatic rings. The molecule has 1 atom stereocenters. The van der Waals surface area contributed by atoms with Crippen molar-refractivity contribution in [2.45, 2.75) is 46.0 Å². The molecule has 3 aromatic rings. The number of nitrogens with one attached hydrogen (secondary N) is 1. The summed E-state index contributed by atoms with van der Waals surface area (Å²) in [6, 6.07) is 6.77. The molecule has 1 aliphatic carbocycles. The number of aromatic nitrogens is 3. The number of hydrogen-bond donors (Lipinski definition) is 1. The average Bonchev–Trinajstić information content (AvgIpc) is 3.59. The minimum atomic E-state index is 0.000351. The summed E-state index contributed by atoms with van der Waals surface area (Å²) in [7, 11) is 0. The number of carbonyl (C=O) groups excluding carboxylic acids is 1. The predicted octanol–water partition coefficient (Wildman–Crippen LogP) is 4.54. The van der Waals surface area contributed by atoms with Gasteiger partial charge in [0, 0.05) is 48.2 Å². The molecule has 0 bridgehead atoms. The number of nitrogens with zero attached hydrogens (tertiary/aromatic N) is 5. The van der Waals surface area contributed by atoms with Gasteiger partial charge < -0.3 is 9.80 Å². The first kappa shape index (κ1) is 22.8. The van der Waals surface area contributed by atoms with Crippen LogP contribution in [0.3, 0.4) is 0 Å². The van der Waals surface area contributed by atoms with Crippen molar-refractivity contribution in [2.75, 3.05) is 31.1 Å². The summed E-state index contributed by atoms with van der Waals surface area (Å²) in [4.78, 5) is 21.4. The highest BCUT2D eigenvalue weighted by Crippen LogP contribution is 2.47. The van der Waals surface area contributed by atoms with Gasteiger partial charge in [-0.15, -0.1) is 0 Å². The second-order valence-electron chi connectivity index (χ2n) is 10.9. The molecule has 2 saturated heterocycles. The van der Waals surface area contributed by atoms with E-state index in [2.05, 4.69) is 53.7 Å². The van der Waals surface area contributed by atoms with Crippen LogP contribution < -0.4 is 4.90 Å². The molecule has 36 heavy (non-hydrogen) atoms. The van der Waals surface area contributed by atoms with Gasteiger partial charge in [0.2, 0.25) is 5.91 Å². The number of anilines is 1. The van der Waals surface area contributed by atoms with E-state index < -0.39 is 0 Å². The molecule has 1 spiro atoms. The lowest BCUT2D eigenvalue weighted by molar-refractivity contribution is -0.136. The SMILES string of the molecule is C=CC(=O)N1CC2(CCN(c3nc4c(c(-c5c(C)ccc6[nH]ncc56)c3C#N)C[C@H](CCC)C4)C2)C1. The van der Waals surface area contributed by atoms with Crippen molar-refractivity contribution in [1.29, 1.82) is 5.26 Å². The Labute approximate surface area is 211 Å². The standard InChI is InChI=1S/C29H32N6O/c1-4-6-19-11-20-24(12-19)32-28(34-10-9-29(15-34)16-35(17-29)25(36)5-2)21(13-30)27(20)26-18(3)7-8-23-22(26)14-31-33-23/h5,7-8,14,19H,2,4,6,9-12,15-17H2,1,3H3,(H,31,33)/t19-/m0/s1. The van der Waals surface area contributed by atoms with Gasteiger partial charge in [0.15, 0.2) is 0 Å². The number of carbonyl (C=O) groups is 1. The highest BCUT2D eigenvalue weighted by Gasteiger charge is 2.49. The molecule has 2 aliphatic heterocycles. The molecule has 7 heteroatoms. The lowest BCUT2D eigenvalue weighted by atomic mass is 9.79. The number of benzene rings is 1. The monoisotopic (exact) mass is 480 g/mol. The lowest BCUT2D eigenvalue weighted by Gasteiger charge is -2.47. The van der Waals surface area contributed by atoms with Crippen LogP contribution in [0.4, 0.5) is 5.82 Å². The summed E-state index contributed by atoms with van der Waals surface area (Å²) in [5, 5.41) is 19.1. The third-order valence-corrected chi connectivity index (χ3v) is 8.51. The van der Waals surface area contributed by atoms with Gasteiger partial charge in [-0.1, -0.05) is 32.4 Å². The fourth-order valence-corrected chi connectivity index (χ4v) is 6.78. The van der Waals surface area contributed by atoms with Crippen molar-refractivity contribution in [3.8, 4) is 17.2 Å². The molecule has 0 saturated carbocycles. The number of fused-ring (bicyclic) bond motifs is 2. The van der Waals surface area contributed by atoms with E-state index in [0.717, 1.165) is 91.0 Å². The highest BCUT2D eigenvalue weighted by atomic mass is 16.2. The van der Waals surface area contributed by atoms with Gasteiger partial charge in [0.25, 0.3) is 0 Å². The van der Waals surface area contributed by atoms with Crippen LogP contribution >= 0.6 is 0 Å². The molecule has 2 aromatic heterocycles. The number of amides is 1. The van der Waals surface area contributed by atoms with Crippen LogP contribution in [0, 0.1) is 29.6 Å². The van der Waals surface area contributed by atoms with E-state index in [9.17, 15) is 10.1 Å². The van der Waals surface area contributed by atoms with Gasteiger partial charge in [-0.05, 0) is 60.9 Å². The Morgan fingerprint density at radius 3 is 2.89 bits per heavy atom. The number of hydrogen-bond acceptors (Lipinski definition) is 5. The molecule has 6 rings (SSSR count). The molecular formula is C29H32N6O. The van der Waals surface area contributed by atoms with E-state index in [1.807, 2.05) is 11.1 Å². The summed E-state index contributed by atoms with van der Waals surface area (Å²) in [5.41, 5.74) is 7.44. The van der Waals surface area contributed by atoms with Gasteiger partial charge >= 0.3 is 0 Å². The summed E-state index contributed by atoms with van der Waals surface area (Å²) in [5.74, 6) is 1.38. The van der Waals surface area contributed by atoms with E-state index in [-0.39, 0.29) is 11.3 Å². The first-order chi connectivity index (χ1) is 17.5. The second kappa shape index (κ2) is 8.48. The van der Waals surface area contributed by atoms with Crippen LogP contribution in [0.5, 0.6) is 0 Å². The molecule has 0 unspecified atom stereocenters. The van der Waals surface area contributed by atoms with Crippen LogP contribution in [0.15, 0.2) is 31.0 Å². The molecule has 2 fully saturated rings. The zero-order chi connectivity index (χ0) is 25.0. The topological polar surface area (TPSA) is 88.9 Å². The maximum Gasteiger partial charge on any atom is 0.245 e. The van der Waals surface area contributed by atoms with Crippen LogP contribution in [-0.4, -0.2) is 52.2 Å². The zero-order valence-corrected chi connectivity index (χ0v) is 21.1. The number of likely N-dealkylation sites (tertiary alicyclic amines) is 1. The van der Waals surface area contributed by atoms with E-state index in [4.69, 9.17) is 4.98 Å². The Balaban J connectivity index is 1.47. The van der Waals surface area contributed by atoms with Gasteiger partial charge in [-0.2, -0.15) is 10.4 Å². The highest BCUT2D eigenvalue weighted by molar-refractivity contribution is 5.99. The number of aryl methyl sites for hydroxylation is 1. The fourth-order valence-electron chi connectivity index (χ4n) is 6.78. The normalized spacial score (nSPS) is 20.0. The van der Waals surface area contributed by atoms with Crippen molar-refractivity contribution < 1.29 is 4.79 Å². The van der Waals surface area contributed by atoms with Gasteiger partial charge in [0.1, 0.15) is 17.5 Å². The number of rotatable bonds is 5. The summed E-state index contributed by atoms with van der Waals surface area (Å²) in [6.07, 6.45) is 8.54. The predicted molar refractivity (Wildman–Crippen MR) is 141 cm³/mol. The minimum Gasteiger partial charge on any atom is -0.355 e. The largest absolute Gasteiger partial charge is 0.355 e. The molecule has 1 amide bonds. The maximum atomic E-state index is 12.0. The Morgan fingerprint density at radius 2 is 2.14 bits per heavy atom. The van der Waals surface area contributed by atoms with Gasteiger partial charge in [-0.3, -0.25) is 9.89 Å². The Kier molecular flexibility index (Phi) is 5.36. The smallest absolute Gasteiger partial charge is 0.245 e. The van der Waals surface area contributed by atoms with E-state index in [1.165, 1.54) is 18.1 Å². The van der Waals surface area contributed by atoms with E-state index >= 15 is 0 Å². The Hall–Kier alpha value is -3.66. The lowest BCUT2D eigenvalue weighted by Crippen LogP contribution is -2.59. The van der Waals surface area contributed by atoms with E-state index in [0.29, 0.717) is 11.5 Å².